The Morgan fingerprint density at radius 2 is 1.77 bits per heavy atom. The van der Waals surface area contributed by atoms with Gasteiger partial charge in [-0.2, -0.15) is 13.2 Å². The maximum absolute atomic E-state index is 14.2. The maximum atomic E-state index is 14.2. The molecule has 5 rings (SSSR count). The number of amides is 1. The number of benzene rings is 1. The molecule has 0 N–H and O–H groups in total. The fourth-order valence-electron chi connectivity index (χ4n) is 4.95. The standard InChI is InChI=1S/C27H23F5N4O3/c28-19-4-1-5-20(29)25(19)23-14-22(34-39-23)21-13-17(6-9-33-21)16-7-11-35(12-8-16)24(37)15-36-10-2-3-18(26(36)38)27(30,31)32/h1-6,9-10,13,16,23H,7-8,11-12,14-15H2. The van der Waals surface area contributed by atoms with E-state index in [-0.39, 0.29) is 17.9 Å². The molecule has 1 aromatic carbocycles. The Hall–Kier alpha value is -4.09. The van der Waals surface area contributed by atoms with Crippen molar-refractivity contribution in [2.45, 2.75) is 44.0 Å². The predicted octanol–water partition coefficient (Wildman–Crippen LogP) is 4.81. The first-order chi connectivity index (χ1) is 18.6. The molecule has 1 atom stereocenters. The van der Waals surface area contributed by atoms with Crippen molar-refractivity contribution in [1.82, 2.24) is 14.5 Å². The Labute approximate surface area is 219 Å². The summed E-state index contributed by atoms with van der Waals surface area (Å²) in [6.45, 7) is 0.261. The van der Waals surface area contributed by atoms with Crippen LogP contribution < -0.4 is 5.56 Å². The monoisotopic (exact) mass is 546 g/mol. The van der Waals surface area contributed by atoms with Gasteiger partial charge in [0.25, 0.3) is 5.56 Å². The smallest absolute Gasteiger partial charge is 0.387 e. The summed E-state index contributed by atoms with van der Waals surface area (Å²) in [5, 5.41) is 4.01. The molecule has 0 spiro atoms. The van der Waals surface area contributed by atoms with Gasteiger partial charge in [-0.25, -0.2) is 8.78 Å². The average Bonchev–Trinajstić information content (AvgIpc) is 3.39. The number of hydrogen-bond donors (Lipinski definition) is 0. The summed E-state index contributed by atoms with van der Waals surface area (Å²) in [4.78, 5) is 36.1. The van der Waals surface area contributed by atoms with E-state index in [1.165, 1.54) is 17.2 Å². The maximum Gasteiger partial charge on any atom is 0.421 e. The number of piperidine rings is 1. The van der Waals surface area contributed by atoms with Crippen molar-refractivity contribution < 1.29 is 31.6 Å². The van der Waals surface area contributed by atoms with Crippen LogP contribution in [0.1, 0.15) is 53.7 Å². The second-order valence-corrected chi connectivity index (χ2v) is 9.45. The third kappa shape index (κ3) is 5.55. The predicted molar refractivity (Wildman–Crippen MR) is 130 cm³/mol. The summed E-state index contributed by atoms with van der Waals surface area (Å²) in [7, 11) is 0. The number of alkyl halides is 3. The van der Waals surface area contributed by atoms with Gasteiger partial charge in [0, 0.05) is 31.9 Å². The van der Waals surface area contributed by atoms with Gasteiger partial charge < -0.3 is 14.3 Å². The summed E-state index contributed by atoms with van der Waals surface area (Å²) >= 11 is 0. The zero-order valence-corrected chi connectivity index (χ0v) is 20.5. The number of carbonyl (C=O) groups excluding carboxylic acids is 1. The lowest BCUT2D eigenvalue weighted by Crippen LogP contribution is -2.41. The van der Waals surface area contributed by atoms with Crippen molar-refractivity contribution in [3.8, 4) is 0 Å². The first kappa shape index (κ1) is 26.5. The number of carbonyl (C=O) groups is 1. The van der Waals surface area contributed by atoms with E-state index in [0.717, 1.165) is 28.3 Å². The third-order valence-electron chi connectivity index (χ3n) is 7.02. The highest BCUT2D eigenvalue weighted by Crippen LogP contribution is 2.34. The lowest BCUT2D eigenvalue weighted by atomic mass is 9.89. The molecule has 2 aromatic heterocycles. The van der Waals surface area contributed by atoms with E-state index >= 15 is 0 Å². The van der Waals surface area contributed by atoms with Crippen LogP contribution in [0.15, 0.2) is 64.8 Å². The number of oxime groups is 1. The van der Waals surface area contributed by atoms with Gasteiger partial charge in [0.15, 0.2) is 6.10 Å². The molecule has 1 saturated heterocycles. The highest BCUT2D eigenvalue weighted by Gasteiger charge is 2.35. The Kier molecular flexibility index (Phi) is 7.19. The fraction of sp³-hybridized carbons (Fsp3) is 0.333. The molecule has 1 unspecified atom stereocenters. The minimum absolute atomic E-state index is 0.0785. The first-order valence-electron chi connectivity index (χ1n) is 12.3. The lowest BCUT2D eigenvalue weighted by molar-refractivity contribution is -0.139. The van der Waals surface area contributed by atoms with Gasteiger partial charge in [-0.1, -0.05) is 11.2 Å². The number of rotatable bonds is 5. The van der Waals surface area contributed by atoms with Crippen molar-refractivity contribution in [1.29, 1.82) is 0 Å². The summed E-state index contributed by atoms with van der Waals surface area (Å²) in [5.41, 5.74) is -0.817. The molecule has 204 valence electrons. The SMILES string of the molecule is O=C(Cn1cccc(C(F)(F)F)c1=O)N1CCC(c2ccnc(C3=NOC(c4c(F)cccc4F)C3)c2)CC1. The molecule has 1 fully saturated rings. The van der Waals surface area contributed by atoms with Crippen LogP contribution in [0.3, 0.4) is 0 Å². The van der Waals surface area contributed by atoms with Crippen LogP contribution in [-0.2, 0) is 22.4 Å². The van der Waals surface area contributed by atoms with E-state index in [1.54, 1.807) is 6.20 Å². The van der Waals surface area contributed by atoms with Gasteiger partial charge in [-0.05, 0) is 60.7 Å². The van der Waals surface area contributed by atoms with E-state index < -0.39 is 47.5 Å². The van der Waals surface area contributed by atoms with Crippen LogP contribution in [0.2, 0.25) is 0 Å². The molecule has 2 aliphatic rings. The van der Waals surface area contributed by atoms with E-state index in [4.69, 9.17) is 4.84 Å². The minimum Gasteiger partial charge on any atom is -0.387 e. The van der Waals surface area contributed by atoms with Crippen molar-refractivity contribution in [2.24, 2.45) is 5.16 Å². The molecule has 3 aromatic rings. The molecule has 1 amide bonds. The normalized spacial score (nSPS) is 18.1. The molecule has 4 heterocycles. The number of hydrogen-bond acceptors (Lipinski definition) is 5. The molecule has 0 saturated carbocycles. The molecule has 7 nitrogen and oxygen atoms in total. The van der Waals surface area contributed by atoms with Crippen molar-refractivity contribution in [2.75, 3.05) is 13.1 Å². The Bertz CT molecular complexity index is 1460. The average molecular weight is 546 g/mol. The van der Waals surface area contributed by atoms with Gasteiger partial charge in [-0.15, -0.1) is 0 Å². The summed E-state index contributed by atoms with van der Waals surface area (Å²) in [5.74, 6) is -1.78. The van der Waals surface area contributed by atoms with Crippen molar-refractivity contribution in [3.05, 3.63) is 99.2 Å². The summed E-state index contributed by atoms with van der Waals surface area (Å²) < 4.78 is 68.2. The number of likely N-dealkylation sites (tertiary alicyclic amines) is 1. The molecular weight excluding hydrogens is 523 g/mol. The molecule has 12 heteroatoms. The highest BCUT2D eigenvalue weighted by atomic mass is 19.4. The number of nitrogens with zero attached hydrogens (tertiary/aromatic N) is 4. The van der Waals surface area contributed by atoms with E-state index in [9.17, 15) is 31.5 Å². The van der Waals surface area contributed by atoms with Crippen LogP contribution in [-0.4, -0.2) is 39.2 Å². The molecular formula is C27H23F5N4O3. The van der Waals surface area contributed by atoms with Crippen molar-refractivity contribution in [3.63, 3.8) is 0 Å². The van der Waals surface area contributed by atoms with Gasteiger partial charge in [-0.3, -0.25) is 14.6 Å². The molecule has 0 radical (unpaired) electrons. The van der Waals surface area contributed by atoms with Crippen LogP contribution >= 0.6 is 0 Å². The van der Waals surface area contributed by atoms with Gasteiger partial charge in [0.1, 0.15) is 29.5 Å². The minimum atomic E-state index is -4.80. The van der Waals surface area contributed by atoms with E-state index in [0.29, 0.717) is 43.4 Å². The zero-order valence-electron chi connectivity index (χ0n) is 20.5. The zero-order chi connectivity index (χ0) is 27.7. The fourth-order valence-corrected chi connectivity index (χ4v) is 4.95. The summed E-state index contributed by atoms with van der Waals surface area (Å²) in [6, 6.07) is 9.07. The largest absolute Gasteiger partial charge is 0.421 e. The molecule has 39 heavy (non-hydrogen) atoms. The van der Waals surface area contributed by atoms with Crippen LogP contribution in [0.4, 0.5) is 22.0 Å². The van der Waals surface area contributed by atoms with Gasteiger partial charge in [0.2, 0.25) is 5.91 Å². The second kappa shape index (κ2) is 10.6. The first-order valence-corrected chi connectivity index (χ1v) is 12.3. The van der Waals surface area contributed by atoms with Crippen molar-refractivity contribution >= 4 is 11.6 Å². The van der Waals surface area contributed by atoms with Crippen LogP contribution in [0.5, 0.6) is 0 Å². The Balaban J connectivity index is 1.21. The quantitative estimate of drug-likeness (QED) is 0.431. The molecule has 2 aliphatic heterocycles. The lowest BCUT2D eigenvalue weighted by Gasteiger charge is -2.32. The van der Waals surface area contributed by atoms with Gasteiger partial charge in [0.05, 0.1) is 11.3 Å². The number of aromatic nitrogens is 2. The third-order valence-corrected chi connectivity index (χ3v) is 7.02. The Morgan fingerprint density at radius 3 is 2.46 bits per heavy atom. The van der Waals surface area contributed by atoms with Crippen LogP contribution in [0.25, 0.3) is 0 Å². The van der Waals surface area contributed by atoms with Crippen LogP contribution in [0, 0.1) is 11.6 Å². The molecule has 0 bridgehead atoms. The highest BCUT2D eigenvalue weighted by molar-refractivity contribution is 5.99. The Morgan fingerprint density at radius 1 is 1.05 bits per heavy atom. The summed E-state index contributed by atoms with van der Waals surface area (Å²) in [6.07, 6.45) is -1.57. The number of pyridine rings is 2. The second-order valence-electron chi connectivity index (χ2n) is 9.45. The van der Waals surface area contributed by atoms with Gasteiger partial charge >= 0.3 is 6.18 Å². The number of halogens is 5. The topological polar surface area (TPSA) is 76.8 Å². The van der Waals surface area contributed by atoms with E-state index in [2.05, 4.69) is 10.1 Å². The molecule has 0 aliphatic carbocycles. The van der Waals surface area contributed by atoms with E-state index in [1.807, 2.05) is 12.1 Å².